The van der Waals surface area contributed by atoms with Gasteiger partial charge in [-0.1, -0.05) is 114 Å². The summed E-state index contributed by atoms with van der Waals surface area (Å²) in [6.45, 7) is 6.58. The van der Waals surface area contributed by atoms with Crippen LogP contribution in [0.3, 0.4) is 0 Å². The second-order valence-corrected chi connectivity index (χ2v) is 13.2. The Morgan fingerprint density at radius 2 is 1.16 bits per heavy atom. The van der Waals surface area contributed by atoms with Crippen molar-refractivity contribution in [1.29, 1.82) is 0 Å². The second kappa shape index (κ2) is 14.5. The Balaban J connectivity index is 0.000000154. The van der Waals surface area contributed by atoms with E-state index in [4.69, 9.17) is 21.3 Å². The number of halogens is 1. The zero-order valence-electron chi connectivity index (χ0n) is 27.6. The van der Waals surface area contributed by atoms with E-state index in [1.165, 1.54) is 26.8 Å². The van der Waals surface area contributed by atoms with Crippen molar-refractivity contribution in [2.24, 2.45) is 0 Å². The molecule has 0 saturated carbocycles. The van der Waals surface area contributed by atoms with Crippen molar-refractivity contribution in [2.75, 3.05) is 26.4 Å². The van der Waals surface area contributed by atoms with Crippen LogP contribution in [0, 0.1) is 13.8 Å². The van der Waals surface area contributed by atoms with Crippen LogP contribution in [-0.2, 0) is 9.68 Å². The molecule has 4 heterocycles. The molecule has 6 atom stereocenters. The molecule has 8 rings (SSSR count). The Bertz CT molecular complexity index is 1850. The van der Waals surface area contributed by atoms with Crippen LogP contribution >= 0.6 is 11.6 Å². The minimum Gasteiger partial charge on any atom is -0.270 e. The summed E-state index contributed by atoms with van der Waals surface area (Å²) in [7, 11) is 0. The van der Waals surface area contributed by atoms with Crippen LogP contribution < -0.4 is 0 Å². The summed E-state index contributed by atoms with van der Waals surface area (Å²) in [5.74, 6) is -0.236. The van der Waals surface area contributed by atoms with E-state index in [9.17, 15) is 9.59 Å². The van der Waals surface area contributed by atoms with Gasteiger partial charge in [0.15, 0.2) is 0 Å². The van der Waals surface area contributed by atoms with Crippen LogP contribution in [-0.4, -0.2) is 70.4 Å². The summed E-state index contributed by atoms with van der Waals surface area (Å²) in [5, 5.41) is 3.55. The van der Waals surface area contributed by atoms with Gasteiger partial charge in [0.1, 0.15) is 25.5 Å². The van der Waals surface area contributed by atoms with E-state index >= 15 is 0 Å². The van der Waals surface area contributed by atoms with Gasteiger partial charge in [-0.05, 0) is 61.4 Å². The summed E-state index contributed by atoms with van der Waals surface area (Å²) in [6.07, 6.45) is 7.98. The lowest BCUT2D eigenvalue weighted by molar-refractivity contribution is -0.232. The van der Waals surface area contributed by atoms with Gasteiger partial charge in [-0.2, -0.15) is 0 Å². The maximum atomic E-state index is 12.8. The van der Waals surface area contributed by atoms with Gasteiger partial charge in [-0.15, -0.1) is 0 Å². The number of hydrogen-bond acceptors (Lipinski definition) is 6. The lowest BCUT2D eigenvalue weighted by atomic mass is 9.95. The molecule has 0 aliphatic carbocycles. The van der Waals surface area contributed by atoms with Crippen LogP contribution in [0.4, 0.5) is 0 Å². The Kier molecular flexibility index (Phi) is 9.75. The van der Waals surface area contributed by atoms with Crippen LogP contribution in [0.5, 0.6) is 0 Å². The number of carbonyl (C=O) groups excluding carboxylic acids is 2. The molecule has 0 N–H and O–H groups in total. The molecule has 6 unspecified atom stereocenters. The van der Waals surface area contributed by atoms with Crippen molar-refractivity contribution in [3.8, 4) is 0 Å². The molecule has 250 valence electrons. The molecule has 49 heavy (non-hydrogen) atoms. The number of carbonyl (C=O) groups is 2. The zero-order chi connectivity index (χ0) is 33.9. The second-order valence-electron chi connectivity index (χ2n) is 12.8. The van der Waals surface area contributed by atoms with E-state index in [1.54, 1.807) is 24.3 Å². The Morgan fingerprint density at radius 3 is 1.71 bits per heavy atom. The van der Waals surface area contributed by atoms with Gasteiger partial charge in [0, 0.05) is 29.2 Å². The predicted octanol–water partition coefficient (Wildman–Crippen LogP) is 7.30. The highest BCUT2D eigenvalue weighted by atomic mass is 35.5. The molecule has 9 heteroatoms. The lowest BCUT2D eigenvalue weighted by Gasteiger charge is -2.46. The van der Waals surface area contributed by atoms with Crippen LogP contribution in [0.25, 0.3) is 0 Å². The summed E-state index contributed by atoms with van der Waals surface area (Å²) in [6, 6.07) is 33.6. The van der Waals surface area contributed by atoms with Gasteiger partial charge in [-0.25, -0.2) is 10.1 Å². The number of nitrogens with zero attached hydrogens (tertiary/aromatic N) is 4. The topological polar surface area (TPSA) is 65.6 Å². The summed E-state index contributed by atoms with van der Waals surface area (Å²) in [4.78, 5) is 42.1. The van der Waals surface area contributed by atoms with Crippen LogP contribution in [0.2, 0.25) is 5.02 Å². The molecule has 4 aliphatic rings. The third-order valence-electron chi connectivity index (χ3n) is 9.23. The smallest absolute Gasteiger partial charge is 0.270 e. The highest BCUT2D eigenvalue weighted by molar-refractivity contribution is 6.30. The van der Waals surface area contributed by atoms with Gasteiger partial charge < -0.3 is 0 Å². The number of rotatable bonds is 4. The Hall–Kier alpha value is -4.57. The molecule has 0 aromatic heterocycles. The van der Waals surface area contributed by atoms with Crippen molar-refractivity contribution >= 4 is 23.4 Å². The number of fused-ring (bicyclic) bond motifs is 4. The molecule has 0 spiro atoms. The standard InChI is InChI=1S/C21H22N2O2.C19H17ClN2O2/c1-15-8-10-17(11-9-15)20-19-7-4-12-22(20)14-23(25-19)21(24)18-6-3-5-16(2)13-18;20-16-10-8-15(9-11-16)19(23)22-13-21-12-4-7-17(24-22)18(21)14-5-2-1-3-6-14/h3-11,13,19-20H,12,14H2,1-2H3;1-11,17-18H,12-13H2. The van der Waals surface area contributed by atoms with Gasteiger partial charge in [0.05, 0.1) is 12.1 Å². The molecule has 4 bridgehead atoms. The van der Waals surface area contributed by atoms with Gasteiger partial charge in [0.2, 0.25) is 0 Å². The molecule has 4 aliphatic heterocycles. The van der Waals surface area contributed by atoms with Crippen LogP contribution in [0.1, 0.15) is 55.1 Å². The molecule has 4 aromatic rings. The molecule has 8 nitrogen and oxygen atoms in total. The fourth-order valence-electron chi connectivity index (χ4n) is 6.78. The first-order chi connectivity index (χ1) is 23.8. The van der Waals surface area contributed by atoms with Crippen molar-refractivity contribution in [1.82, 2.24) is 19.9 Å². The molecule has 2 amide bonds. The highest BCUT2D eigenvalue weighted by Crippen LogP contribution is 2.36. The summed E-state index contributed by atoms with van der Waals surface area (Å²) in [5.41, 5.74) is 5.97. The maximum Gasteiger partial charge on any atom is 0.278 e. The summed E-state index contributed by atoms with van der Waals surface area (Å²) < 4.78 is 0. The largest absolute Gasteiger partial charge is 0.278 e. The minimum atomic E-state index is -0.175. The quantitative estimate of drug-likeness (QED) is 0.212. The number of hydrogen-bond donors (Lipinski definition) is 0. The van der Waals surface area contributed by atoms with Crippen molar-refractivity contribution in [2.45, 2.75) is 38.1 Å². The van der Waals surface area contributed by atoms with Crippen molar-refractivity contribution in [3.63, 3.8) is 0 Å². The summed E-state index contributed by atoms with van der Waals surface area (Å²) >= 11 is 5.89. The number of amides is 2. The first-order valence-corrected chi connectivity index (χ1v) is 16.9. The minimum absolute atomic E-state index is 0.0867. The monoisotopic (exact) mass is 674 g/mol. The number of benzene rings is 4. The molecular formula is C40H39ClN4O4. The third kappa shape index (κ3) is 7.25. The zero-order valence-corrected chi connectivity index (χ0v) is 28.3. The van der Waals surface area contributed by atoms with E-state index in [0.717, 1.165) is 18.7 Å². The first-order valence-electron chi connectivity index (χ1n) is 16.6. The van der Waals surface area contributed by atoms with Gasteiger partial charge in [-0.3, -0.25) is 29.1 Å². The van der Waals surface area contributed by atoms with Gasteiger partial charge >= 0.3 is 0 Å². The molecule has 2 fully saturated rings. The SMILES string of the molecule is Cc1ccc(C2C3C=CCN2CN(C(=O)c2cccc(C)c2)O3)cc1.O=C(c1ccc(Cl)cc1)N1CN2CC=CC(O1)C2c1ccccc1. The van der Waals surface area contributed by atoms with E-state index in [1.807, 2.05) is 55.5 Å². The highest BCUT2D eigenvalue weighted by Gasteiger charge is 2.41. The van der Waals surface area contributed by atoms with Crippen LogP contribution in [0.15, 0.2) is 127 Å². The van der Waals surface area contributed by atoms with Crippen molar-refractivity contribution in [3.05, 3.63) is 166 Å². The maximum absolute atomic E-state index is 12.8. The average molecular weight is 675 g/mol. The van der Waals surface area contributed by atoms with E-state index in [0.29, 0.717) is 29.5 Å². The normalized spacial score (nSPS) is 25.3. The molecular weight excluding hydrogens is 636 g/mol. The average Bonchev–Trinajstić information content (AvgIpc) is 3.11. The lowest BCUT2D eigenvalue weighted by Crippen LogP contribution is -2.55. The molecule has 2 saturated heterocycles. The number of aryl methyl sites for hydroxylation is 2. The van der Waals surface area contributed by atoms with E-state index in [-0.39, 0.29) is 36.1 Å². The predicted molar refractivity (Wildman–Crippen MR) is 189 cm³/mol. The van der Waals surface area contributed by atoms with Gasteiger partial charge in [0.25, 0.3) is 11.8 Å². The fraction of sp³-hybridized carbons (Fsp3) is 0.250. The molecule has 4 aromatic carbocycles. The first kappa shape index (κ1) is 33.0. The Morgan fingerprint density at radius 1 is 0.612 bits per heavy atom. The Labute approximate surface area is 292 Å². The molecule has 0 radical (unpaired) electrons. The van der Waals surface area contributed by atoms with E-state index < -0.39 is 0 Å². The van der Waals surface area contributed by atoms with E-state index in [2.05, 4.69) is 71.3 Å². The van der Waals surface area contributed by atoms with Crippen molar-refractivity contribution < 1.29 is 19.3 Å². The number of hydroxylamine groups is 4. The third-order valence-corrected chi connectivity index (χ3v) is 9.48. The fourth-order valence-corrected chi connectivity index (χ4v) is 6.90.